The van der Waals surface area contributed by atoms with Gasteiger partial charge < -0.3 is 14.5 Å². The van der Waals surface area contributed by atoms with Gasteiger partial charge in [-0.2, -0.15) is 0 Å². The van der Waals surface area contributed by atoms with Gasteiger partial charge in [-0.25, -0.2) is 13.1 Å². The second-order valence-electron chi connectivity index (χ2n) is 6.53. The minimum Gasteiger partial charge on any atom is -0.482 e. The van der Waals surface area contributed by atoms with Crippen molar-refractivity contribution in [2.75, 3.05) is 18.1 Å². The molecule has 150 valence electrons. The number of hydrogen-bond donors (Lipinski definition) is 2. The molecule has 1 aromatic heterocycles. The SMILES string of the molecule is CC(C)NS(=O)(=O)c1ccc2c(c1)OCC(=O)N2CC(=O)NCc1ccco1. The molecule has 0 bridgehead atoms. The maximum Gasteiger partial charge on any atom is 0.265 e. The lowest BCUT2D eigenvalue weighted by atomic mass is 10.2. The van der Waals surface area contributed by atoms with Crippen molar-refractivity contribution in [3.8, 4) is 5.75 Å². The zero-order valence-electron chi connectivity index (χ0n) is 15.5. The number of carbonyl (C=O) groups is 2. The highest BCUT2D eigenvalue weighted by Crippen LogP contribution is 2.34. The quantitative estimate of drug-likeness (QED) is 0.707. The molecule has 2 heterocycles. The predicted octanol–water partition coefficient (Wildman–Crippen LogP) is 1.01. The van der Waals surface area contributed by atoms with Crippen molar-refractivity contribution < 1.29 is 27.2 Å². The molecule has 0 aliphatic carbocycles. The van der Waals surface area contributed by atoms with Crippen LogP contribution in [0.2, 0.25) is 0 Å². The summed E-state index contributed by atoms with van der Waals surface area (Å²) in [6.07, 6.45) is 1.50. The molecule has 0 radical (unpaired) electrons. The summed E-state index contributed by atoms with van der Waals surface area (Å²) in [5.41, 5.74) is 0.341. The summed E-state index contributed by atoms with van der Waals surface area (Å²) in [4.78, 5) is 25.7. The molecule has 0 saturated heterocycles. The van der Waals surface area contributed by atoms with Crippen LogP contribution in [-0.2, 0) is 26.2 Å². The molecule has 2 aromatic rings. The summed E-state index contributed by atoms with van der Waals surface area (Å²) in [6, 6.07) is 7.35. The molecule has 0 unspecified atom stereocenters. The lowest BCUT2D eigenvalue weighted by molar-refractivity contribution is -0.125. The number of furan rings is 1. The van der Waals surface area contributed by atoms with Gasteiger partial charge in [-0.15, -0.1) is 0 Å². The highest BCUT2D eigenvalue weighted by Gasteiger charge is 2.29. The average Bonchev–Trinajstić information content (AvgIpc) is 3.14. The Hall–Kier alpha value is -2.85. The van der Waals surface area contributed by atoms with Gasteiger partial charge in [-0.3, -0.25) is 14.5 Å². The van der Waals surface area contributed by atoms with E-state index in [1.807, 2.05) is 0 Å². The molecule has 0 saturated carbocycles. The predicted molar refractivity (Wildman–Crippen MR) is 100 cm³/mol. The van der Waals surface area contributed by atoms with Crippen molar-refractivity contribution in [1.82, 2.24) is 10.0 Å². The van der Waals surface area contributed by atoms with Gasteiger partial charge in [0.05, 0.1) is 23.4 Å². The number of nitrogens with one attached hydrogen (secondary N) is 2. The van der Waals surface area contributed by atoms with Gasteiger partial charge in [0.2, 0.25) is 15.9 Å². The Morgan fingerprint density at radius 2 is 2.07 bits per heavy atom. The van der Waals surface area contributed by atoms with Gasteiger partial charge in [0.1, 0.15) is 18.1 Å². The summed E-state index contributed by atoms with van der Waals surface area (Å²) in [6.45, 7) is 3.14. The first-order valence-corrected chi connectivity index (χ1v) is 10.1. The van der Waals surface area contributed by atoms with Gasteiger partial charge >= 0.3 is 0 Å². The van der Waals surface area contributed by atoms with Gasteiger partial charge in [0.15, 0.2) is 6.61 Å². The van der Waals surface area contributed by atoms with Crippen LogP contribution in [0.3, 0.4) is 0 Å². The molecule has 1 aliphatic rings. The monoisotopic (exact) mass is 407 g/mol. The first-order valence-electron chi connectivity index (χ1n) is 8.65. The molecule has 2 amide bonds. The highest BCUT2D eigenvalue weighted by molar-refractivity contribution is 7.89. The van der Waals surface area contributed by atoms with Crippen molar-refractivity contribution in [2.24, 2.45) is 0 Å². The fourth-order valence-electron chi connectivity index (χ4n) is 2.70. The molecule has 1 aromatic carbocycles. The van der Waals surface area contributed by atoms with Crippen molar-refractivity contribution in [2.45, 2.75) is 31.3 Å². The fraction of sp³-hybridized carbons (Fsp3) is 0.333. The number of nitrogens with zero attached hydrogens (tertiary/aromatic N) is 1. The number of benzene rings is 1. The molecule has 2 N–H and O–H groups in total. The normalized spacial score (nSPS) is 14.0. The topological polar surface area (TPSA) is 118 Å². The Morgan fingerprint density at radius 1 is 1.29 bits per heavy atom. The molecular formula is C18H21N3O6S. The zero-order valence-corrected chi connectivity index (χ0v) is 16.3. The lowest BCUT2D eigenvalue weighted by Crippen LogP contribution is -2.45. The Balaban J connectivity index is 1.76. The van der Waals surface area contributed by atoms with Crippen LogP contribution in [0.25, 0.3) is 0 Å². The minimum atomic E-state index is -3.70. The minimum absolute atomic E-state index is 0.0246. The summed E-state index contributed by atoms with van der Waals surface area (Å²) < 4.78 is 37.7. The third-order valence-electron chi connectivity index (χ3n) is 3.92. The highest BCUT2D eigenvalue weighted by atomic mass is 32.2. The van der Waals surface area contributed by atoms with Gasteiger partial charge in [0.25, 0.3) is 5.91 Å². The van der Waals surface area contributed by atoms with Crippen LogP contribution in [0.5, 0.6) is 5.75 Å². The van der Waals surface area contributed by atoms with E-state index in [0.29, 0.717) is 11.4 Å². The molecule has 0 atom stereocenters. The first-order chi connectivity index (χ1) is 13.3. The molecule has 0 spiro atoms. The van der Waals surface area contributed by atoms with Crippen molar-refractivity contribution in [3.05, 3.63) is 42.4 Å². The van der Waals surface area contributed by atoms with E-state index in [0.717, 1.165) is 0 Å². The van der Waals surface area contributed by atoms with Crippen LogP contribution in [-0.4, -0.2) is 39.4 Å². The Bertz CT molecular complexity index is 969. The van der Waals surface area contributed by atoms with Crippen LogP contribution < -0.4 is 19.7 Å². The lowest BCUT2D eigenvalue weighted by Gasteiger charge is -2.29. The smallest absolute Gasteiger partial charge is 0.265 e. The van der Waals surface area contributed by atoms with E-state index < -0.39 is 15.9 Å². The third-order valence-corrected chi connectivity index (χ3v) is 5.57. The van der Waals surface area contributed by atoms with E-state index in [1.54, 1.807) is 26.0 Å². The van der Waals surface area contributed by atoms with Crippen molar-refractivity contribution >= 4 is 27.5 Å². The summed E-state index contributed by atoms with van der Waals surface area (Å²) in [5.74, 6) is 0.0481. The maximum atomic E-state index is 12.3. The molecule has 28 heavy (non-hydrogen) atoms. The maximum absolute atomic E-state index is 12.3. The summed E-state index contributed by atoms with van der Waals surface area (Å²) in [5, 5.41) is 2.67. The van der Waals surface area contributed by atoms with Crippen LogP contribution >= 0.6 is 0 Å². The third kappa shape index (κ3) is 4.52. The van der Waals surface area contributed by atoms with E-state index in [1.165, 1.54) is 29.4 Å². The number of carbonyl (C=O) groups excluding carboxylic acids is 2. The Labute approximate surface area is 162 Å². The van der Waals surface area contributed by atoms with Gasteiger partial charge in [-0.05, 0) is 38.1 Å². The second-order valence-corrected chi connectivity index (χ2v) is 8.24. The number of ether oxygens (including phenoxy) is 1. The number of fused-ring (bicyclic) bond motifs is 1. The van der Waals surface area contributed by atoms with E-state index in [4.69, 9.17) is 9.15 Å². The fourth-order valence-corrected chi connectivity index (χ4v) is 3.97. The Kier molecular flexibility index (Phi) is 5.71. The van der Waals surface area contributed by atoms with Crippen LogP contribution in [0.4, 0.5) is 5.69 Å². The molecule has 3 rings (SSSR count). The van der Waals surface area contributed by atoms with Crippen molar-refractivity contribution in [1.29, 1.82) is 0 Å². The number of rotatable bonds is 7. The number of anilines is 1. The Morgan fingerprint density at radius 3 is 2.75 bits per heavy atom. The summed E-state index contributed by atoms with van der Waals surface area (Å²) in [7, 11) is -3.70. The van der Waals surface area contributed by atoms with Crippen molar-refractivity contribution in [3.63, 3.8) is 0 Å². The van der Waals surface area contributed by atoms with E-state index >= 15 is 0 Å². The number of hydrogen-bond acceptors (Lipinski definition) is 6. The van der Waals surface area contributed by atoms with E-state index in [-0.39, 0.29) is 42.3 Å². The van der Waals surface area contributed by atoms with E-state index in [2.05, 4.69) is 10.0 Å². The number of sulfonamides is 1. The van der Waals surface area contributed by atoms with E-state index in [9.17, 15) is 18.0 Å². The largest absolute Gasteiger partial charge is 0.482 e. The standard InChI is InChI=1S/C18H21N3O6S/c1-12(2)20-28(24,25)14-5-6-15-16(8-14)27-11-18(23)21(15)10-17(22)19-9-13-4-3-7-26-13/h3-8,12,20H,9-11H2,1-2H3,(H,19,22). The van der Waals surface area contributed by atoms with Crippen LogP contribution in [0.15, 0.2) is 45.9 Å². The molecule has 9 nitrogen and oxygen atoms in total. The molecule has 10 heteroatoms. The first kappa shape index (κ1) is 19.9. The zero-order chi connectivity index (χ0) is 20.3. The molecule has 1 aliphatic heterocycles. The van der Waals surface area contributed by atoms with Gasteiger partial charge in [-0.1, -0.05) is 0 Å². The summed E-state index contributed by atoms with van der Waals surface area (Å²) >= 11 is 0. The van der Waals surface area contributed by atoms with Crippen LogP contribution in [0, 0.1) is 0 Å². The molecular weight excluding hydrogens is 386 g/mol. The van der Waals surface area contributed by atoms with Gasteiger partial charge in [0, 0.05) is 12.1 Å². The second kappa shape index (κ2) is 8.03. The molecule has 0 fully saturated rings. The van der Waals surface area contributed by atoms with Crippen LogP contribution in [0.1, 0.15) is 19.6 Å². The number of amides is 2. The average molecular weight is 407 g/mol.